The van der Waals surface area contributed by atoms with Gasteiger partial charge in [0, 0.05) is 39.1 Å². The molecular formula is C22H36N4O3. The molecule has 1 fully saturated rings. The summed E-state index contributed by atoms with van der Waals surface area (Å²) >= 11 is 0. The van der Waals surface area contributed by atoms with Gasteiger partial charge >= 0.3 is 6.09 Å². The Morgan fingerprint density at radius 3 is 2.45 bits per heavy atom. The minimum absolute atomic E-state index is 0.0202. The smallest absolute Gasteiger partial charge is 0.410 e. The molecule has 1 aromatic rings. The van der Waals surface area contributed by atoms with E-state index in [1.54, 1.807) is 11.9 Å². The van der Waals surface area contributed by atoms with Crippen LogP contribution in [0.25, 0.3) is 0 Å². The number of ether oxygens (including phenoxy) is 1. The second-order valence-electron chi connectivity index (χ2n) is 8.53. The van der Waals surface area contributed by atoms with Gasteiger partial charge in [0.15, 0.2) is 5.96 Å². The highest BCUT2D eigenvalue weighted by atomic mass is 16.6. The maximum Gasteiger partial charge on any atom is 0.410 e. The third-order valence-electron chi connectivity index (χ3n) is 5.06. The number of piperidine rings is 1. The zero-order valence-corrected chi connectivity index (χ0v) is 18.1. The number of guanidine groups is 1. The highest BCUT2D eigenvalue weighted by molar-refractivity contribution is 5.79. The second-order valence-corrected chi connectivity index (χ2v) is 8.53. The van der Waals surface area contributed by atoms with Crippen LogP contribution in [0.15, 0.2) is 35.3 Å². The van der Waals surface area contributed by atoms with Crippen molar-refractivity contribution in [2.75, 3.05) is 39.8 Å². The van der Waals surface area contributed by atoms with E-state index in [9.17, 15) is 9.90 Å². The van der Waals surface area contributed by atoms with Gasteiger partial charge in [-0.3, -0.25) is 4.99 Å². The number of nitrogens with one attached hydrogen (secondary N) is 2. The Hall–Kier alpha value is -2.28. The highest BCUT2D eigenvalue weighted by Crippen LogP contribution is 2.19. The summed E-state index contributed by atoms with van der Waals surface area (Å²) in [6.07, 6.45) is 1.65. The minimum Gasteiger partial charge on any atom is -0.444 e. The summed E-state index contributed by atoms with van der Waals surface area (Å²) in [6.45, 7) is 8.59. The Kier molecular flexibility index (Phi) is 8.76. The molecule has 162 valence electrons. The quantitative estimate of drug-likeness (QED) is 0.501. The molecule has 7 heteroatoms. The molecular weight excluding hydrogens is 368 g/mol. The van der Waals surface area contributed by atoms with Crippen LogP contribution in [-0.4, -0.2) is 67.5 Å². The minimum atomic E-state index is -0.459. The molecule has 0 bridgehead atoms. The fraction of sp³-hybridized carbons (Fsp3) is 0.636. The summed E-state index contributed by atoms with van der Waals surface area (Å²) in [6, 6.07) is 9.98. The van der Waals surface area contributed by atoms with Crippen molar-refractivity contribution in [1.29, 1.82) is 0 Å². The maximum atomic E-state index is 12.2. The fourth-order valence-corrected chi connectivity index (χ4v) is 3.34. The van der Waals surface area contributed by atoms with E-state index in [2.05, 4.69) is 15.6 Å². The summed E-state index contributed by atoms with van der Waals surface area (Å²) in [5.41, 5.74) is 0.646. The van der Waals surface area contributed by atoms with Crippen LogP contribution in [0.3, 0.4) is 0 Å². The van der Waals surface area contributed by atoms with Crippen molar-refractivity contribution in [1.82, 2.24) is 15.5 Å². The van der Waals surface area contributed by atoms with Crippen LogP contribution in [0.2, 0.25) is 0 Å². The van der Waals surface area contributed by atoms with Crippen LogP contribution in [0.5, 0.6) is 0 Å². The third-order valence-corrected chi connectivity index (χ3v) is 5.06. The average molecular weight is 405 g/mol. The SMILES string of the molecule is CN=C(NCC1CCN(C(=O)OC(C)(C)C)CC1)NCC(CO)c1ccccc1. The number of carbonyl (C=O) groups excluding carboxylic acids is 1. The first-order valence-corrected chi connectivity index (χ1v) is 10.4. The van der Waals surface area contributed by atoms with Gasteiger partial charge in [-0.25, -0.2) is 4.79 Å². The van der Waals surface area contributed by atoms with Gasteiger partial charge < -0.3 is 25.4 Å². The first-order valence-electron chi connectivity index (χ1n) is 10.4. The Balaban J connectivity index is 1.73. The predicted molar refractivity (Wildman–Crippen MR) is 116 cm³/mol. The fourth-order valence-electron chi connectivity index (χ4n) is 3.34. The lowest BCUT2D eigenvalue weighted by molar-refractivity contribution is 0.0185. The predicted octanol–water partition coefficient (Wildman–Crippen LogP) is 2.57. The molecule has 1 aromatic carbocycles. The molecule has 1 saturated heterocycles. The van der Waals surface area contributed by atoms with Crippen LogP contribution in [0, 0.1) is 5.92 Å². The number of hydrogen-bond acceptors (Lipinski definition) is 4. The van der Waals surface area contributed by atoms with Crippen molar-refractivity contribution in [3.05, 3.63) is 35.9 Å². The largest absolute Gasteiger partial charge is 0.444 e. The van der Waals surface area contributed by atoms with Gasteiger partial charge in [0.25, 0.3) is 0 Å². The van der Waals surface area contributed by atoms with Gasteiger partial charge in [0.1, 0.15) is 5.60 Å². The summed E-state index contributed by atoms with van der Waals surface area (Å²) in [5, 5.41) is 16.4. The molecule has 2 rings (SSSR count). The molecule has 1 atom stereocenters. The van der Waals surface area contributed by atoms with E-state index < -0.39 is 5.60 Å². The highest BCUT2D eigenvalue weighted by Gasteiger charge is 2.26. The number of likely N-dealkylation sites (tertiary alicyclic amines) is 1. The molecule has 1 amide bonds. The summed E-state index contributed by atoms with van der Waals surface area (Å²) in [4.78, 5) is 18.2. The van der Waals surface area contributed by atoms with E-state index in [1.165, 1.54) is 0 Å². The van der Waals surface area contributed by atoms with Crippen LogP contribution < -0.4 is 10.6 Å². The zero-order chi connectivity index (χ0) is 21.3. The molecule has 3 N–H and O–H groups in total. The Bertz CT molecular complexity index is 650. The molecule has 0 aromatic heterocycles. The summed E-state index contributed by atoms with van der Waals surface area (Å²) < 4.78 is 5.45. The van der Waals surface area contributed by atoms with Crippen molar-refractivity contribution in [3.8, 4) is 0 Å². The molecule has 29 heavy (non-hydrogen) atoms. The monoisotopic (exact) mass is 404 g/mol. The first kappa shape index (κ1) is 23.0. The Morgan fingerprint density at radius 1 is 1.24 bits per heavy atom. The standard InChI is InChI=1S/C22H36N4O3/c1-22(2,3)29-21(28)26-12-10-17(11-13-26)14-24-20(23-4)25-15-19(16-27)18-8-6-5-7-9-18/h5-9,17,19,27H,10-16H2,1-4H3,(H2,23,24,25). The number of nitrogens with zero attached hydrogens (tertiary/aromatic N) is 2. The normalized spacial score (nSPS) is 17.0. The third kappa shape index (κ3) is 7.93. The number of rotatable bonds is 6. The van der Waals surface area contributed by atoms with Gasteiger partial charge in [-0.1, -0.05) is 30.3 Å². The van der Waals surface area contributed by atoms with Gasteiger partial charge in [-0.2, -0.15) is 0 Å². The average Bonchev–Trinajstić information content (AvgIpc) is 2.70. The van der Waals surface area contributed by atoms with Gasteiger partial charge in [-0.05, 0) is 45.1 Å². The van der Waals surface area contributed by atoms with Gasteiger partial charge in [-0.15, -0.1) is 0 Å². The Morgan fingerprint density at radius 2 is 1.90 bits per heavy atom. The lowest BCUT2D eigenvalue weighted by Gasteiger charge is -2.33. The zero-order valence-electron chi connectivity index (χ0n) is 18.1. The molecule has 1 aliphatic heterocycles. The van der Waals surface area contributed by atoms with Gasteiger partial charge in [0.05, 0.1) is 6.61 Å². The number of benzene rings is 1. The molecule has 0 saturated carbocycles. The van der Waals surface area contributed by atoms with E-state index in [4.69, 9.17) is 4.74 Å². The molecule has 0 aliphatic carbocycles. The van der Waals surface area contributed by atoms with Crippen molar-refractivity contribution in [2.45, 2.75) is 45.1 Å². The lowest BCUT2D eigenvalue weighted by atomic mass is 9.97. The van der Waals surface area contributed by atoms with Crippen LogP contribution in [0.4, 0.5) is 4.79 Å². The molecule has 1 aliphatic rings. The van der Waals surface area contributed by atoms with Crippen LogP contribution in [0.1, 0.15) is 45.1 Å². The van der Waals surface area contributed by atoms with Crippen molar-refractivity contribution in [3.63, 3.8) is 0 Å². The topological polar surface area (TPSA) is 86.2 Å². The van der Waals surface area contributed by atoms with Crippen LogP contribution >= 0.6 is 0 Å². The van der Waals surface area contributed by atoms with Gasteiger partial charge in [0.2, 0.25) is 0 Å². The molecule has 1 heterocycles. The van der Waals surface area contributed by atoms with E-state index in [0.717, 1.165) is 30.9 Å². The van der Waals surface area contributed by atoms with Crippen LogP contribution in [-0.2, 0) is 4.74 Å². The molecule has 0 radical (unpaired) electrons. The van der Waals surface area contributed by atoms with E-state index in [-0.39, 0.29) is 18.6 Å². The van der Waals surface area contributed by atoms with Crippen molar-refractivity contribution >= 4 is 12.1 Å². The number of aliphatic imine (C=N–C) groups is 1. The molecule has 0 spiro atoms. The van der Waals surface area contributed by atoms with E-state index >= 15 is 0 Å². The Labute approximate surface area is 174 Å². The van der Waals surface area contributed by atoms with Crippen molar-refractivity contribution < 1.29 is 14.6 Å². The number of carbonyl (C=O) groups is 1. The second kappa shape index (κ2) is 11.0. The number of hydrogen-bond donors (Lipinski definition) is 3. The summed E-state index contributed by atoms with van der Waals surface area (Å²) in [5.74, 6) is 1.23. The molecule has 1 unspecified atom stereocenters. The number of aliphatic hydroxyl groups excluding tert-OH is 1. The number of amides is 1. The maximum absolute atomic E-state index is 12.2. The first-order chi connectivity index (χ1) is 13.8. The lowest BCUT2D eigenvalue weighted by Crippen LogP contribution is -2.46. The summed E-state index contributed by atoms with van der Waals surface area (Å²) in [7, 11) is 1.75. The van der Waals surface area contributed by atoms with E-state index in [1.807, 2.05) is 51.1 Å². The number of aliphatic hydroxyl groups is 1. The molecule has 7 nitrogen and oxygen atoms in total. The van der Waals surface area contributed by atoms with Crippen molar-refractivity contribution in [2.24, 2.45) is 10.9 Å². The van der Waals surface area contributed by atoms with E-state index in [0.29, 0.717) is 25.6 Å².